The Labute approximate surface area is 150 Å². The Morgan fingerprint density at radius 3 is 2.76 bits per heavy atom. The third-order valence-corrected chi connectivity index (χ3v) is 4.77. The summed E-state index contributed by atoms with van der Waals surface area (Å²) in [5, 5.41) is 9.99. The molecule has 2 aromatic rings. The summed E-state index contributed by atoms with van der Waals surface area (Å²) in [6, 6.07) is 7.64. The molecule has 3 rings (SSSR count). The Hall–Kier alpha value is -1.76. The van der Waals surface area contributed by atoms with Crippen LogP contribution in [0.5, 0.6) is 0 Å². The SMILES string of the molecule is OCC[C@@H]1CN(c2ncccc2Cl)CCN1Cc1ccc(F)c(F)c1. The molecule has 0 unspecified atom stereocenters. The zero-order valence-corrected chi connectivity index (χ0v) is 14.5. The molecule has 0 spiro atoms. The average Bonchev–Trinajstić information content (AvgIpc) is 2.60. The molecule has 0 amide bonds. The predicted molar refractivity (Wildman–Crippen MR) is 93.7 cm³/mol. The van der Waals surface area contributed by atoms with Gasteiger partial charge < -0.3 is 10.0 Å². The van der Waals surface area contributed by atoms with Crippen LogP contribution in [0.25, 0.3) is 0 Å². The van der Waals surface area contributed by atoms with Crippen molar-refractivity contribution in [3.05, 3.63) is 58.7 Å². The van der Waals surface area contributed by atoms with Crippen LogP contribution in [0.4, 0.5) is 14.6 Å². The lowest BCUT2D eigenvalue weighted by atomic mass is 10.1. The number of pyridine rings is 1. The highest BCUT2D eigenvalue weighted by molar-refractivity contribution is 6.32. The van der Waals surface area contributed by atoms with E-state index in [-0.39, 0.29) is 12.6 Å². The smallest absolute Gasteiger partial charge is 0.159 e. The summed E-state index contributed by atoms with van der Waals surface area (Å²) >= 11 is 6.24. The van der Waals surface area contributed by atoms with E-state index in [4.69, 9.17) is 11.6 Å². The molecule has 0 radical (unpaired) electrons. The molecule has 1 fully saturated rings. The quantitative estimate of drug-likeness (QED) is 0.881. The van der Waals surface area contributed by atoms with E-state index in [1.807, 2.05) is 0 Å². The molecule has 25 heavy (non-hydrogen) atoms. The number of nitrogens with zero attached hydrogens (tertiary/aromatic N) is 3. The van der Waals surface area contributed by atoms with E-state index in [1.54, 1.807) is 24.4 Å². The van der Waals surface area contributed by atoms with Crippen LogP contribution in [-0.4, -0.2) is 47.3 Å². The van der Waals surface area contributed by atoms with E-state index < -0.39 is 11.6 Å². The van der Waals surface area contributed by atoms with E-state index in [0.29, 0.717) is 30.1 Å². The average molecular weight is 368 g/mol. The summed E-state index contributed by atoms with van der Waals surface area (Å²) in [5.74, 6) is -0.944. The Morgan fingerprint density at radius 2 is 2.04 bits per heavy atom. The third kappa shape index (κ3) is 4.26. The molecule has 7 heteroatoms. The van der Waals surface area contributed by atoms with Gasteiger partial charge >= 0.3 is 0 Å². The maximum absolute atomic E-state index is 13.4. The fraction of sp³-hybridized carbons (Fsp3) is 0.389. The molecule has 0 aliphatic carbocycles. The van der Waals surface area contributed by atoms with Crippen LogP contribution < -0.4 is 4.90 Å². The second-order valence-corrected chi connectivity index (χ2v) is 6.55. The van der Waals surface area contributed by atoms with E-state index >= 15 is 0 Å². The van der Waals surface area contributed by atoms with E-state index in [9.17, 15) is 13.9 Å². The van der Waals surface area contributed by atoms with E-state index in [1.165, 1.54) is 6.07 Å². The number of rotatable bonds is 5. The van der Waals surface area contributed by atoms with Crippen molar-refractivity contribution < 1.29 is 13.9 Å². The largest absolute Gasteiger partial charge is 0.396 e. The minimum atomic E-state index is -0.842. The van der Waals surface area contributed by atoms with Gasteiger partial charge in [-0.3, -0.25) is 4.90 Å². The van der Waals surface area contributed by atoms with Crippen LogP contribution in [-0.2, 0) is 6.54 Å². The lowest BCUT2D eigenvalue weighted by molar-refractivity contribution is 0.135. The number of aliphatic hydroxyl groups excluding tert-OH is 1. The molecule has 1 N–H and O–H groups in total. The molecule has 134 valence electrons. The van der Waals surface area contributed by atoms with E-state index in [2.05, 4.69) is 14.8 Å². The van der Waals surface area contributed by atoms with Crippen LogP contribution in [0.15, 0.2) is 36.5 Å². The third-order valence-electron chi connectivity index (χ3n) is 4.48. The Kier molecular flexibility index (Phi) is 5.83. The number of aromatic nitrogens is 1. The second-order valence-electron chi connectivity index (χ2n) is 6.14. The molecule has 1 aromatic heterocycles. The number of hydrogen-bond donors (Lipinski definition) is 1. The van der Waals surface area contributed by atoms with Crippen molar-refractivity contribution in [1.29, 1.82) is 0 Å². The number of anilines is 1. The highest BCUT2D eigenvalue weighted by Crippen LogP contribution is 2.26. The number of aliphatic hydroxyl groups is 1. The molecule has 1 aliphatic rings. The molecule has 1 saturated heterocycles. The van der Waals surface area contributed by atoms with Gasteiger partial charge in [0.2, 0.25) is 0 Å². The van der Waals surface area contributed by atoms with Gasteiger partial charge in [-0.25, -0.2) is 13.8 Å². The Bertz CT molecular complexity index is 731. The molecule has 1 atom stereocenters. The maximum Gasteiger partial charge on any atom is 0.159 e. The van der Waals surface area contributed by atoms with Gasteiger partial charge in [0.25, 0.3) is 0 Å². The lowest BCUT2D eigenvalue weighted by Crippen LogP contribution is -2.53. The number of piperazine rings is 1. The van der Waals surface area contributed by atoms with Crippen molar-refractivity contribution in [2.24, 2.45) is 0 Å². The first-order chi connectivity index (χ1) is 12.1. The van der Waals surface area contributed by atoms with Crippen LogP contribution in [0, 0.1) is 11.6 Å². The van der Waals surface area contributed by atoms with Gasteiger partial charge in [0, 0.05) is 45.0 Å². The topological polar surface area (TPSA) is 39.6 Å². The number of halogens is 3. The van der Waals surface area contributed by atoms with Crippen molar-refractivity contribution >= 4 is 17.4 Å². The van der Waals surface area contributed by atoms with Gasteiger partial charge in [-0.2, -0.15) is 0 Å². The summed E-state index contributed by atoms with van der Waals surface area (Å²) in [4.78, 5) is 8.63. The van der Waals surface area contributed by atoms with Crippen LogP contribution >= 0.6 is 11.6 Å². The van der Waals surface area contributed by atoms with Crippen molar-refractivity contribution in [1.82, 2.24) is 9.88 Å². The minimum absolute atomic E-state index is 0.0583. The lowest BCUT2D eigenvalue weighted by Gasteiger charge is -2.42. The first-order valence-corrected chi connectivity index (χ1v) is 8.60. The summed E-state index contributed by atoms with van der Waals surface area (Å²) < 4.78 is 26.5. The Balaban J connectivity index is 1.73. The van der Waals surface area contributed by atoms with E-state index in [0.717, 1.165) is 25.0 Å². The minimum Gasteiger partial charge on any atom is -0.396 e. The fourth-order valence-electron chi connectivity index (χ4n) is 3.20. The Morgan fingerprint density at radius 1 is 1.20 bits per heavy atom. The standard InChI is InChI=1S/C18H20ClF2N3O/c19-15-2-1-6-22-18(15)24-8-7-23(14(12-24)5-9-25)11-13-3-4-16(20)17(21)10-13/h1-4,6,10,14,25H,5,7-9,11-12H2/t14-/m1/s1. The fourth-order valence-corrected chi connectivity index (χ4v) is 3.44. The van der Waals surface area contributed by atoms with Gasteiger partial charge in [0.1, 0.15) is 5.82 Å². The van der Waals surface area contributed by atoms with Crippen molar-refractivity contribution in [3.8, 4) is 0 Å². The molecular formula is C18H20ClF2N3O. The van der Waals surface area contributed by atoms with Crippen molar-refractivity contribution in [2.45, 2.75) is 19.0 Å². The van der Waals surface area contributed by atoms with Gasteiger partial charge in [0.05, 0.1) is 5.02 Å². The first kappa shape index (κ1) is 18.0. The van der Waals surface area contributed by atoms with Gasteiger partial charge in [-0.1, -0.05) is 17.7 Å². The monoisotopic (exact) mass is 367 g/mol. The summed E-state index contributed by atoms with van der Waals surface area (Å²) in [6.45, 7) is 2.67. The summed E-state index contributed by atoms with van der Waals surface area (Å²) in [6.07, 6.45) is 2.29. The highest BCUT2D eigenvalue weighted by Gasteiger charge is 2.28. The molecule has 1 aliphatic heterocycles. The van der Waals surface area contributed by atoms with Crippen LogP contribution in [0.3, 0.4) is 0 Å². The first-order valence-electron chi connectivity index (χ1n) is 8.23. The summed E-state index contributed by atoms with van der Waals surface area (Å²) in [7, 11) is 0. The van der Waals surface area contributed by atoms with Gasteiger partial charge in [0.15, 0.2) is 11.6 Å². The zero-order valence-electron chi connectivity index (χ0n) is 13.7. The molecular weight excluding hydrogens is 348 g/mol. The zero-order chi connectivity index (χ0) is 17.8. The number of benzene rings is 1. The maximum atomic E-state index is 13.4. The molecule has 0 saturated carbocycles. The van der Waals surface area contributed by atoms with Crippen LogP contribution in [0.1, 0.15) is 12.0 Å². The normalized spacial score (nSPS) is 18.6. The van der Waals surface area contributed by atoms with Crippen molar-refractivity contribution in [3.63, 3.8) is 0 Å². The predicted octanol–water partition coefficient (Wildman–Crippen LogP) is 3.09. The number of hydrogen-bond acceptors (Lipinski definition) is 4. The van der Waals surface area contributed by atoms with Crippen molar-refractivity contribution in [2.75, 3.05) is 31.1 Å². The van der Waals surface area contributed by atoms with Gasteiger partial charge in [-0.05, 0) is 36.2 Å². The van der Waals surface area contributed by atoms with Gasteiger partial charge in [-0.15, -0.1) is 0 Å². The highest BCUT2D eigenvalue weighted by atomic mass is 35.5. The molecule has 1 aromatic carbocycles. The second kappa shape index (κ2) is 8.08. The molecule has 0 bridgehead atoms. The molecule has 4 nitrogen and oxygen atoms in total. The summed E-state index contributed by atoms with van der Waals surface area (Å²) in [5.41, 5.74) is 0.714. The molecule has 2 heterocycles. The van der Waals surface area contributed by atoms with Crippen LogP contribution in [0.2, 0.25) is 5.02 Å².